The van der Waals surface area contributed by atoms with Gasteiger partial charge in [-0.15, -0.1) is 0 Å². The Morgan fingerprint density at radius 1 is 1.29 bits per heavy atom. The zero-order valence-corrected chi connectivity index (χ0v) is 11.8. The number of nitrogens with two attached hydrogens (primary N) is 1. The SMILES string of the molecule is Cc1ccc(C#N)cc1NC(=O)C(CN)c1ccccc1. The minimum atomic E-state index is -0.406. The van der Waals surface area contributed by atoms with E-state index in [9.17, 15) is 4.79 Å². The van der Waals surface area contributed by atoms with E-state index in [4.69, 9.17) is 11.0 Å². The summed E-state index contributed by atoms with van der Waals surface area (Å²) in [5.74, 6) is -0.571. The second-order valence-electron chi connectivity index (χ2n) is 4.83. The Morgan fingerprint density at radius 2 is 2.00 bits per heavy atom. The van der Waals surface area contributed by atoms with Crippen LogP contribution in [0.3, 0.4) is 0 Å². The van der Waals surface area contributed by atoms with Crippen molar-refractivity contribution in [3.63, 3.8) is 0 Å². The van der Waals surface area contributed by atoms with Crippen LogP contribution >= 0.6 is 0 Å². The first-order valence-corrected chi connectivity index (χ1v) is 6.72. The van der Waals surface area contributed by atoms with Crippen molar-refractivity contribution in [1.82, 2.24) is 0 Å². The first-order chi connectivity index (χ1) is 10.2. The largest absolute Gasteiger partial charge is 0.329 e. The van der Waals surface area contributed by atoms with Crippen molar-refractivity contribution < 1.29 is 4.79 Å². The predicted octanol–water partition coefficient (Wildman–Crippen LogP) is 2.55. The first-order valence-electron chi connectivity index (χ1n) is 6.72. The molecule has 1 atom stereocenters. The van der Waals surface area contributed by atoms with Crippen LogP contribution in [0.25, 0.3) is 0 Å². The summed E-state index contributed by atoms with van der Waals surface area (Å²) in [7, 11) is 0. The molecule has 0 aromatic heterocycles. The van der Waals surface area contributed by atoms with E-state index < -0.39 is 5.92 Å². The van der Waals surface area contributed by atoms with Gasteiger partial charge in [0.2, 0.25) is 5.91 Å². The fraction of sp³-hybridized carbons (Fsp3) is 0.176. The molecule has 3 N–H and O–H groups in total. The number of anilines is 1. The molecule has 0 radical (unpaired) electrons. The molecule has 2 rings (SSSR count). The average molecular weight is 279 g/mol. The number of nitrogens with one attached hydrogen (secondary N) is 1. The van der Waals surface area contributed by atoms with Crippen LogP contribution in [0.4, 0.5) is 5.69 Å². The molecule has 2 aromatic rings. The number of hydrogen-bond donors (Lipinski definition) is 2. The Bertz CT molecular complexity index is 674. The van der Waals surface area contributed by atoms with Crippen LogP contribution in [0.15, 0.2) is 48.5 Å². The summed E-state index contributed by atoms with van der Waals surface area (Å²) in [6.45, 7) is 2.11. The number of nitriles is 1. The van der Waals surface area contributed by atoms with Gasteiger partial charge in [0.25, 0.3) is 0 Å². The smallest absolute Gasteiger partial charge is 0.233 e. The highest BCUT2D eigenvalue weighted by Gasteiger charge is 2.19. The van der Waals surface area contributed by atoms with Crippen molar-refractivity contribution in [2.45, 2.75) is 12.8 Å². The molecule has 2 aromatic carbocycles. The molecule has 0 fully saturated rings. The van der Waals surface area contributed by atoms with Crippen molar-refractivity contribution in [1.29, 1.82) is 5.26 Å². The highest BCUT2D eigenvalue weighted by molar-refractivity contribution is 5.96. The zero-order valence-electron chi connectivity index (χ0n) is 11.8. The molecule has 0 saturated carbocycles. The van der Waals surface area contributed by atoms with Crippen molar-refractivity contribution in [2.24, 2.45) is 5.73 Å². The molecular formula is C17H17N3O. The molecular weight excluding hydrogens is 262 g/mol. The fourth-order valence-corrected chi connectivity index (χ4v) is 2.13. The van der Waals surface area contributed by atoms with Gasteiger partial charge in [-0.25, -0.2) is 0 Å². The normalized spacial score (nSPS) is 11.5. The molecule has 4 heteroatoms. The fourth-order valence-electron chi connectivity index (χ4n) is 2.13. The van der Waals surface area contributed by atoms with E-state index in [0.717, 1.165) is 11.1 Å². The van der Waals surface area contributed by atoms with Crippen LogP contribution in [-0.4, -0.2) is 12.5 Å². The maximum atomic E-state index is 12.4. The molecule has 1 amide bonds. The second kappa shape index (κ2) is 6.69. The summed E-state index contributed by atoms with van der Waals surface area (Å²) in [6, 6.07) is 16.7. The van der Waals surface area contributed by atoms with Gasteiger partial charge in [0, 0.05) is 12.2 Å². The number of aryl methyl sites for hydroxylation is 1. The van der Waals surface area contributed by atoms with E-state index in [1.165, 1.54) is 0 Å². The van der Waals surface area contributed by atoms with Gasteiger partial charge in [-0.2, -0.15) is 5.26 Å². The van der Waals surface area contributed by atoms with Crippen LogP contribution in [0.2, 0.25) is 0 Å². The highest BCUT2D eigenvalue weighted by Crippen LogP contribution is 2.20. The molecule has 0 aliphatic rings. The lowest BCUT2D eigenvalue weighted by molar-refractivity contribution is -0.117. The van der Waals surface area contributed by atoms with E-state index in [-0.39, 0.29) is 12.5 Å². The summed E-state index contributed by atoms with van der Waals surface area (Å²) < 4.78 is 0. The third kappa shape index (κ3) is 3.47. The summed E-state index contributed by atoms with van der Waals surface area (Å²) in [5.41, 5.74) is 8.69. The monoisotopic (exact) mass is 279 g/mol. The van der Waals surface area contributed by atoms with Crippen LogP contribution < -0.4 is 11.1 Å². The molecule has 0 bridgehead atoms. The standard InChI is InChI=1S/C17H17N3O/c1-12-7-8-13(10-18)9-16(12)20-17(21)15(11-19)14-5-3-2-4-6-14/h2-9,15H,11,19H2,1H3,(H,20,21). The van der Waals surface area contributed by atoms with Gasteiger partial charge in [-0.1, -0.05) is 36.4 Å². The van der Waals surface area contributed by atoms with Crippen LogP contribution in [0.5, 0.6) is 0 Å². The lowest BCUT2D eigenvalue weighted by Gasteiger charge is -2.16. The van der Waals surface area contributed by atoms with Gasteiger partial charge in [0.15, 0.2) is 0 Å². The van der Waals surface area contributed by atoms with Gasteiger partial charge in [-0.3, -0.25) is 4.79 Å². The molecule has 21 heavy (non-hydrogen) atoms. The van der Waals surface area contributed by atoms with Gasteiger partial charge in [0.1, 0.15) is 0 Å². The van der Waals surface area contributed by atoms with Crippen molar-refractivity contribution >= 4 is 11.6 Å². The maximum Gasteiger partial charge on any atom is 0.233 e. The van der Waals surface area contributed by atoms with Gasteiger partial charge in [0.05, 0.1) is 17.6 Å². The van der Waals surface area contributed by atoms with E-state index in [1.54, 1.807) is 12.1 Å². The van der Waals surface area contributed by atoms with E-state index in [2.05, 4.69) is 11.4 Å². The minimum absolute atomic E-state index is 0.165. The van der Waals surface area contributed by atoms with Crippen LogP contribution in [0, 0.1) is 18.3 Å². The Hall–Kier alpha value is -2.64. The van der Waals surface area contributed by atoms with Gasteiger partial charge >= 0.3 is 0 Å². The maximum absolute atomic E-state index is 12.4. The predicted molar refractivity (Wildman–Crippen MR) is 82.8 cm³/mol. The van der Waals surface area contributed by atoms with E-state index in [0.29, 0.717) is 11.3 Å². The van der Waals surface area contributed by atoms with E-state index in [1.807, 2.05) is 43.3 Å². The molecule has 106 valence electrons. The number of rotatable bonds is 4. The molecule has 0 aliphatic carbocycles. The van der Waals surface area contributed by atoms with Gasteiger partial charge in [-0.05, 0) is 30.2 Å². The number of carbonyl (C=O) groups is 1. The van der Waals surface area contributed by atoms with Gasteiger partial charge < -0.3 is 11.1 Å². The van der Waals surface area contributed by atoms with Crippen LogP contribution in [0.1, 0.15) is 22.6 Å². The van der Waals surface area contributed by atoms with Crippen molar-refractivity contribution in [3.05, 3.63) is 65.2 Å². The lowest BCUT2D eigenvalue weighted by Crippen LogP contribution is -2.27. The number of nitrogens with zero attached hydrogens (tertiary/aromatic N) is 1. The quantitative estimate of drug-likeness (QED) is 0.902. The summed E-state index contributed by atoms with van der Waals surface area (Å²) in [6.07, 6.45) is 0. The number of amides is 1. The Labute approximate surface area is 124 Å². The van der Waals surface area contributed by atoms with Crippen LogP contribution in [-0.2, 0) is 4.79 Å². The van der Waals surface area contributed by atoms with E-state index >= 15 is 0 Å². The third-order valence-corrected chi connectivity index (χ3v) is 3.38. The molecule has 0 aliphatic heterocycles. The molecule has 0 heterocycles. The Balaban J connectivity index is 2.23. The third-order valence-electron chi connectivity index (χ3n) is 3.38. The molecule has 0 spiro atoms. The number of hydrogen-bond acceptors (Lipinski definition) is 3. The summed E-state index contributed by atoms with van der Waals surface area (Å²) in [4.78, 5) is 12.4. The average Bonchev–Trinajstić information content (AvgIpc) is 2.51. The van der Waals surface area contributed by atoms with Crippen molar-refractivity contribution in [3.8, 4) is 6.07 Å². The number of carbonyl (C=O) groups excluding carboxylic acids is 1. The highest BCUT2D eigenvalue weighted by atomic mass is 16.1. The number of benzene rings is 2. The second-order valence-corrected chi connectivity index (χ2v) is 4.83. The topological polar surface area (TPSA) is 78.9 Å². The molecule has 0 saturated heterocycles. The summed E-state index contributed by atoms with van der Waals surface area (Å²) in [5, 5.41) is 11.8. The lowest BCUT2D eigenvalue weighted by atomic mass is 9.98. The molecule has 1 unspecified atom stereocenters. The molecule has 4 nitrogen and oxygen atoms in total. The zero-order chi connectivity index (χ0) is 15.2. The minimum Gasteiger partial charge on any atom is -0.329 e. The Kier molecular flexibility index (Phi) is 4.70. The Morgan fingerprint density at radius 3 is 2.62 bits per heavy atom. The van der Waals surface area contributed by atoms with Crippen molar-refractivity contribution in [2.75, 3.05) is 11.9 Å². The summed E-state index contributed by atoms with van der Waals surface area (Å²) >= 11 is 0. The first kappa shape index (κ1) is 14.8.